The van der Waals surface area contributed by atoms with Crippen LogP contribution in [0.3, 0.4) is 0 Å². The first-order valence-corrected chi connectivity index (χ1v) is 7.26. The van der Waals surface area contributed by atoms with Gasteiger partial charge in [0.15, 0.2) is 5.82 Å². The molecule has 2 heterocycles. The molecule has 2 aromatic heterocycles. The van der Waals surface area contributed by atoms with Crippen LogP contribution in [0.15, 0.2) is 42.6 Å². The molecular weight excluding hydrogens is 260 g/mol. The Balaban J connectivity index is 1.93. The Bertz CT molecular complexity index is 803. The molecule has 1 fully saturated rings. The number of anilines is 1. The lowest BCUT2D eigenvalue weighted by Gasteiger charge is -2.09. The van der Waals surface area contributed by atoms with Crippen LogP contribution in [0.4, 0.5) is 5.82 Å². The number of rotatable bonds is 3. The Morgan fingerprint density at radius 2 is 1.95 bits per heavy atom. The quantitative estimate of drug-likeness (QED) is 0.794. The van der Waals surface area contributed by atoms with Gasteiger partial charge >= 0.3 is 0 Å². The predicted molar refractivity (Wildman–Crippen MR) is 84.3 cm³/mol. The Morgan fingerprint density at radius 3 is 2.76 bits per heavy atom. The number of para-hydroxylation sites is 1. The van der Waals surface area contributed by atoms with Crippen molar-refractivity contribution in [1.29, 1.82) is 0 Å². The van der Waals surface area contributed by atoms with E-state index in [9.17, 15) is 0 Å². The molecule has 0 aliphatic heterocycles. The molecule has 1 aromatic carbocycles. The van der Waals surface area contributed by atoms with Gasteiger partial charge in [0.05, 0.1) is 5.52 Å². The summed E-state index contributed by atoms with van der Waals surface area (Å²) >= 11 is 0. The Labute approximate surface area is 123 Å². The summed E-state index contributed by atoms with van der Waals surface area (Å²) in [6, 6.07) is 12.2. The third-order valence-electron chi connectivity index (χ3n) is 3.89. The molecule has 3 aromatic rings. The highest BCUT2D eigenvalue weighted by molar-refractivity contribution is 5.92. The van der Waals surface area contributed by atoms with Gasteiger partial charge in [0.1, 0.15) is 5.82 Å². The van der Waals surface area contributed by atoms with Crippen molar-refractivity contribution >= 4 is 16.7 Å². The van der Waals surface area contributed by atoms with Gasteiger partial charge in [0.2, 0.25) is 0 Å². The summed E-state index contributed by atoms with van der Waals surface area (Å²) in [7, 11) is 1.90. The molecule has 4 nitrogen and oxygen atoms in total. The van der Waals surface area contributed by atoms with Crippen molar-refractivity contribution in [2.45, 2.75) is 18.8 Å². The molecule has 4 heteroatoms. The summed E-state index contributed by atoms with van der Waals surface area (Å²) in [5.41, 5.74) is 3.16. The first-order chi connectivity index (χ1) is 10.3. The van der Waals surface area contributed by atoms with Gasteiger partial charge in [-0.3, -0.25) is 4.98 Å². The SMILES string of the molecule is CNc1cc(C2CC2)nc(-c2ccnc3ccccc23)n1. The van der Waals surface area contributed by atoms with Crippen molar-refractivity contribution in [1.82, 2.24) is 15.0 Å². The maximum atomic E-state index is 4.78. The summed E-state index contributed by atoms with van der Waals surface area (Å²) in [5.74, 6) is 2.26. The topological polar surface area (TPSA) is 50.7 Å². The van der Waals surface area contributed by atoms with Gasteiger partial charge in [-0.1, -0.05) is 18.2 Å². The Kier molecular flexibility index (Phi) is 2.81. The minimum absolute atomic E-state index is 0.604. The maximum absolute atomic E-state index is 4.78. The molecule has 21 heavy (non-hydrogen) atoms. The molecule has 4 rings (SSSR count). The van der Waals surface area contributed by atoms with Crippen molar-refractivity contribution in [2.75, 3.05) is 12.4 Å². The third kappa shape index (κ3) is 2.23. The lowest BCUT2D eigenvalue weighted by Crippen LogP contribution is -2.00. The molecule has 0 amide bonds. The van der Waals surface area contributed by atoms with Gasteiger partial charge in [-0.05, 0) is 25.0 Å². The lowest BCUT2D eigenvalue weighted by atomic mass is 10.1. The van der Waals surface area contributed by atoms with Crippen molar-refractivity contribution in [2.24, 2.45) is 0 Å². The van der Waals surface area contributed by atoms with Gasteiger partial charge in [-0.2, -0.15) is 0 Å². The van der Waals surface area contributed by atoms with Gasteiger partial charge in [0, 0.05) is 41.9 Å². The van der Waals surface area contributed by atoms with Gasteiger partial charge in [-0.15, -0.1) is 0 Å². The Hall–Kier alpha value is -2.49. The number of nitrogens with one attached hydrogen (secondary N) is 1. The number of pyridine rings is 1. The first kappa shape index (κ1) is 12.3. The molecule has 1 aliphatic carbocycles. The molecule has 1 aliphatic rings. The highest BCUT2D eigenvalue weighted by Crippen LogP contribution is 2.40. The molecule has 0 atom stereocenters. The van der Waals surface area contributed by atoms with Crippen LogP contribution >= 0.6 is 0 Å². The zero-order valence-electron chi connectivity index (χ0n) is 11.9. The fourth-order valence-electron chi connectivity index (χ4n) is 2.59. The summed E-state index contributed by atoms with van der Waals surface area (Å²) in [4.78, 5) is 13.8. The second-order valence-corrected chi connectivity index (χ2v) is 5.40. The van der Waals surface area contributed by atoms with E-state index < -0.39 is 0 Å². The number of hydrogen-bond donors (Lipinski definition) is 1. The first-order valence-electron chi connectivity index (χ1n) is 7.26. The molecule has 1 N–H and O–H groups in total. The van der Waals surface area contributed by atoms with E-state index in [0.29, 0.717) is 5.92 Å². The van der Waals surface area contributed by atoms with E-state index in [1.165, 1.54) is 12.8 Å². The van der Waals surface area contributed by atoms with E-state index in [1.807, 2.05) is 37.5 Å². The van der Waals surface area contributed by atoms with Crippen LogP contribution in [-0.2, 0) is 0 Å². The number of hydrogen-bond acceptors (Lipinski definition) is 4. The highest BCUT2D eigenvalue weighted by atomic mass is 15.0. The van der Waals surface area contributed by atoms with Crippen LogP contribution in [0.2, 0.25) is 0 Å². The summed E-state index contributed by atoms with van der Waals surface area (Å²) in [6.07, 6.45) is 4.29. The van der Waals surface area contributed by atoms with Crippen molar-refractivity contribution in [3.05, 3.63) is 48.3 Å². The van der Waals surface area contributed by atoms with Crippen LogP contribution in [0.5, 0.6) is 0 Å². The van der Waals surface area contributed by atoms with Crippen LogP contribution < -0.4 is 5.32 Å². The second-order valence-electron chi connectivity index (χ2n) is 5.40. The molecule has 0 unspecified atom stereocenters. The number of fused-ring (bicyclic) bond motifs is 1. The average Bonchev–Trinajstić information content (AvgIpc) is 3.39. The van der Waals surface area contributed by atoms with Crippen molar-refractivity contribution in [3.8, 4) is 11.4 Å². The maximum Gasteiger partial charge on any atom is 0.162 e. The fourth-order valence-corrected chi connectivity index (χ4v) is 2.59. The summed E-state index contributed by atoms with van der Waals surface area (Å²) < 4.78 is 0. The van der Waals surface area contributed by atoms with Gasteiger partial charge < -0.3 is 5.32 Å². The van der Waals surface area contributed by atoms with Crippen LogP contribution in [0.1, 0.15) is 24.5 Å². The molecule has 0 saturated heterocycles. The van der Waals surface area contributed by atoms with E-state index in [0.717, 1.165) is 33.8 Å². The van der Waals surface area contributed by atoms with Gasteiger partial charge in [0.25, 0.3) is 0 Å². The molecule has 1 saturated carbocycles. The van der Waals surface area contributed by atoms with Crippen molar-refractivity contribution < 1.29 is 0 Å². The zero-order chi connectivity index (χ0) is 14.2. The number of aromatic nitrogens is 3. The van der Waals surface area contributed by atoms with E-state index in [2.05, 4.69) is 27.4 Å². The van der Waals surface area contributed by atoms with E-state index in [4.69, 9.17) is 4.98 Å². The smallest absolute Gasteiger partial charge is 0.162 e. The largest absolute Gasteiger partial charge is 0.373 e. The lowest BCUT2D eigenvalue weighted by molar-refractivity contribution is 0.995. The summed E-state index contributed by atoms with van der Waals surface area (Å²) in [5, 5.41) is 4.23. The summed E-state index contributed by atoms with van der Waals surface area (Å²) in [6.45, 7) is 0. The van der Waals surface area contributed by atoms with E-state index in [-0.39, 0.29) is 0 Å². The van der Waals surface area contributed by atoms with Crippen molar-refractivity contribution in [3.63, 3.8) is 0 Å². The fraction of sp³-hybridized carbons (Fsp3) is 0.235. The minimum atomic E-state index is 0.604. The normalized spacial score (nSPS) is 14.3. The predicted octanol–water partition coefficient (Wildman–Crippen LogP) is 3.61. The van der Waals surface area contributed by atoms with Crippen LogP contribution in [0, 0.1) is 0 Å². The second kappa shape index (κ2) is 4.81. The zero-order valence-corrected chi connectivity index (χ0v) is 11.9. The molecule has 0 radical (unpaired) electrons. The number of nitrogens with zero attached hydrogens (tertiary/aromatic N) is 3. The van der Waals surface area contributed by atoms with E-state index in [1.54, 1.807) is 0 Å². The Morgan fingerprint density at radius 1 is 1.10 bits per heavy atom. The standard InChI is InChI=1S/C17H16N4/c1-18-16-10-15(11-6-7-11)20-17(21-16)13-8-9-19-14-5-3-2-4-12(13)14/h2-5,8-11H,6-7H2,1H3,(H,18,20,21). The molecular formula is C17H16N4. The molecule has 104 valence electrons. The monoisotopic (exact) mass is 276 g/mol. The van der Waals surface area contributed by atoms with Gasteiger partial charge in [-0.25, -0.2) is 9.97 Å². The third-order valence-corrected chi connectivity index (χ3v) is 3.89. The minimum Gasteiger partial charge on any atom is -0.373 e. The highest BCUT2D eigenvalue weighted by Gasteiger charge is 2.26. The molecule has 0 bridgehead atoms. The number of benzene rings is 1. The van der Waals surface area contributed by atoms with Crippen LogP contribution in [-0.4, -0.2) is 22.0 Å². The average molecular weight is 276 g/mol. The van der Waals surface area contributed by atoms with E-state index >= 15 is 0 Å². The molecule has 0 spiro atoms. The van der Waals surface area contributed by atoms with Crippen LogP contribution in [0.25, 0.3) is 22.3 Å².